The third kappa shape index (κ3) is 5.66. The number of ether oxygens (including phenoxy) is 2. The van der Waals surface area contributed by atoms with E-state index in [9.17, 15) is 21.6 Å². The van der Waals surface area contributed by atoms with E-state index < -0.39 is 20.0 Å². The molecule has 2 saturated heterocycles. The van der Waals surface area contributed by atoms with Gasteiger partial charge in [-0.25, -0.2) is 16.8 Å². The van der Waals surface area contributed by atoms with Crippen LogP contribution in [0.2, 0.25) is 0 Å². The molecule has 2 aromatic rings. The van der Waals surface area contributed by atoms with Gasteiger partial charge in [0.2, 0.25) is 10.0 Å². The third-order valence-corrected chi connectivity index (χ3v) is 9.79. The molecule has 36 heavy (non-hydrogen) atoms. The topological polar surface area (TPSA) is 122 Å². The molecule has 2 fully saturated rings. The van der Waals surface area contributed by atoms with E-state index in [2.05, 4.69) is 11.6 Å². The number of carbonyl (C=O) groups is 1. The predicted molar refractivity (Wildman–Crippen MR) is 134 cm³/mol. The van der Waals surface area contributed by atoms with Crippen LogP contribution >= 0.6 is 0 Å². The number of nitrogens with zero attached hydrogens (tertiary/aromatic N) is 2. The average molecular weight is 538 g/mol. The van der Waals surface area contributed by atoms with Crippen LogP contribution in [-0.4, -0.2) is 78.5 Å². The molecule has 12 heteroatoms. The zero-order valence-corrected chi connectivity index (χ0v) is 22.0. The highest BCUT2D eigenvalue weighted by atomic mass is 32.2. The molecule has 0 radical (unpaired) electrons. The van der Waals surface area contributed by atoms with Crippen LogP contribution in [0.15, 0.2) is 52.3 Å². The molecular formula is C24H31N3O7S2. The Kier molecular flexibility index (Phi) is 7.88. The Labute approximate surface area is 212 Å². The zero-order chi connectivity index (χ0) is 25.9. The molecule has 1 amide bonds. The first kappa shape index (κ1) is 26.4. The second kappa shape index (κ2) is 10.8. The molecule has 196 valence electrons. The minimum atomic E-state index is -4.06. The lowest BCUT2D eigenvalue weighted by molar-refractivity contribution is 0.0693. The minimum Gasteiger partial charge on any atom is -0.496 e. The molecule has 2 aromatic carbocycles. The van der Waals surface area contributed by atoms with Crippen LogP contribution in [0.3, 0.4) is 0 Å². The van der Waals surface area contributed by atoms with Crippen LogP contribution in [0.5, 0.6) is 5.75 Å². The number of amides is 1. The van der Waals surface area contributed by atoms with E-state index >= 15 is 0 Å². The number of anilines is 1. The molecule has 0 unspecified atom stereocenters. The Morgan fingerprint density at radius 1 is 0.944 bits per heavy atom. The van der Waals surface area contributed by atoms with Crippen LogP contribution in [-0.2, 0) is 24.8 Å². The number of sulfonamides is 2. The maximum Gasteiger partial charge on any atom is 0.261 e. The number of likely N-dealkylation sites (tertiary alicyclic amines) is 1. The van der Waals surface area contributed by atoms with E-state index in [1.807, 2.05) is 0 Å². The summed E-state index contributed by atoms with van der Waals surface area (Å²) in [4.78, 5) is 14.8. The van der Waals surface area contributed by atoms with Crippen LogP contribution in [0.25, 0.3) is 0 Å². The molecule has 2 aliphatic rings. The standard InChI is InChI=1S/C24H31N3O7S2/c1-18-9-11-26(12-10-18)24(28)22-17-21(7-8-23(22)33-2)35(29,30)25-19-3-5-20(6-4-19)36(31,32)27-13-15-34-16-14-27/h3-8,17-18,25H,9-16H2,1-2H3. The highest BCUT2D eigenvalue weighted by molar-refractivity contribution is 7.92. The molecule has 0 atom stereocenters. The van der Waals surface area contributed by atoms with Crippen molar-refractivity contribution in [1.82, 2.24) is 9.21 Å². The second-order valence-corrected chi connectivity index (χ2v) is 12.6. The molecule has 2 heterocycles. The Morgan fingerprint density at radius 2 is 1.56 bits per heavy atom. The van der Waals surface area contributed by atoms with E-state index in [1.54, 1.807) is 4.90 Å². The van der Waals surface area contributed by atoms with Gasteiger partial charge in [-0.15, -0.1) is 0 Å². The van der Waals surface area contributed by atoms with E-state index in [0.29, 0.717) is 38.0 Å². The van der Waals surface area contributed by atoms with Crippen molar-refractivity contribution in [3.63, 3.8) is 0 Å². The summed E-state index contributed by atoms with van der Waals surface area (Å²) in [5.74, 6) is 0.575. The fourth-order valence-electron chi connectivity index (χ4n) is 4.25. The molecule has 0 bridgehead atoms. The molecule has 4 rings (SSSR count). The number of benzene rings is 2. The molecule has 10 nitrogen and oxygen atoms in total. The van der Waals surface area contributed by atoms with Gasteiger partial charge < -0.3 is 14.4 Å². The number of methoxy groups -OCH3 is 1. The number of carbonyl (C=O) groups excluding carboxylic acids is 1. The summed E-state index contributed by atoms with van der Waals surface area (Å²) in [7, 11) is -6.31. The molecule has 0 spiro atoms. The summed E-state index contributed by atoms with van der Waals surface area (Å²) in [6.07, 6.45) is 1.79. The van der Waals surface area contributed by atoms with Gasteiger partial charge in [0.05, 0.1) is 35.7 Å². The normalized spacial score (nSPS) is 18.1. The van der Waals surface area contributed by atoms with Gasteiger partial charge in [-0.2, -0.15) is 4.31 Å². The Hall–Kier alpha value is -2.67. The number of morpholine rings is 1. The molecule has 2 aliphatic heterocycles. The van der Waals surface area contributed by atoms with Crippen LogP contribution in [0.4, 0.5) is 5.69 Å². The number of hydrogen-bond donors (Lipinski definition) is 1. The SMILES string of the molecule is COc1ccc(S(=O)(=O)Nc2ccc(S(=O)(=O)N3CCOCC3)cc2)cc1C(=O)N1CCC(C)CC1. The molecule has 1 N–H and O–H groups in total. The lowest BCUT2D eigenvalue weighted by atomic mass is 9.98. The number of nitrogens with one attached hydrogen (secondary N) is 1. The predicted octanol–water partition coefficient (Wildman–Crippen LogP) is 2.39. The van der Waals surface area contributed by atoms with E-state index in [0.717, 1.165) is 12.8 Å². The van der Waals surface area contributed by atoms with Gasteiger partial charge in [-0.1, -0.05) is 6.92 Å². The largest absolute Gasteiger partial charge is 0.496 e. The summed E-state index contributed by atoms with van der Waals surface area (Å²) in [5.41, 5.74) is 0.381. The lowest BCUT2D eigenvalue weighted by Crippen LogP contribution is -2.40. The van der Waals surface area contributed by atoms with Gasteiger partial charge in [0.15, 0.2) is 0 Å². The van der Waals surface area contributed by atoms with E-state index in [1.165, 1.54) is 53.9 Å². The first-order valence-electron chi connectivity index (χ1n) is 11.8. The van der Waals surface area contributed by atoms with Crippen LogP contribution in [0.1, 0.15) is 30.1 Å². The van der Waals surface area contributed by atoms with Crippen molar-refractivity contribution in [2.45, 2.75) is 29.6 Å². The third-order valence-electron chi connectivity index (χ3n) is 6.50. The van der Waals surface area contributed by atoms with Crippen molar-refractivity contribution in [3.05, 3.63) is 48.0 Å². The number of hydrogen-bond acceptors (Lipinski definition) is 7. The number of piperidine rings is 1. The van der Waals surface area contributed by atoms with Crippen molar-refractivity contribution in [3.8, 4) is 5.75 Å². The van der Waals surface area contributed by atoms with Crippen molar-refractivity contribution >= 4 is 31.6 Å². The lowest BCUT2D eigenvalue weighted by Gasteiger charge is -2.30. The molecular weight excluding hydrogens is 506 g/mol. The molecule has 0 aromatic heterocycles. The Balaban J connectivity index is 1.53. The summed E-state index contributed by atoms with van der Waals surface area (Å²) < 4.78 is 66.2. The average Bonchev–Trinajstić information content (AvgIpc) is 2.89. The summed E-state index contributed by atoms with van der Waals surface area (Å²) in [5, 5.41) is 0. The first-order chi connectivity index (χ1) is 17.1. The van der Waals surface area contributed by atoms with Gasteiger partial charge in [0, 0.05) is 31.9 Å². The summed E-state index contributed by atoms with van der Waals surface area (Å²) in [6.45, 7) is 4.57. The Morgan fingerprint density at radius 3 is 2.17 bits per heavy atom. The summed E-state index contributed by atoms with van der Waals surface area (Å²) in [6, 6.07) is 9.68. The zero-order valence-electron chi connectivity index (χ0n) is 20.3. The van der Waals surface area contributed by atoms with Gasteiger partial charge in [-0.05, 0) is 61.2 Å². The molecule has 0 aliphatic carbocycles. The van der Waals surface area contributed by atoms with E-state index in [-0.39, 0.29) is 40.0 Å². The highest BCUT2D eigenvalue weighted by Crippen LogP contribution is 2.28. The second-order valence-electron chi connectivity index (χ2n) is 8.98. The van der Waals surface area contributed by atoms with Gasteiger partial charge >= 0.3 is 0 Å². The van der Waals surface area contributed by atoms with Gasteiger partial charge in [0.1, 0.15) is 5.75 Å². The maximum atomic E-state index is 13.1. The highest BCUT2D eigenvalue weighted by Gasteiger charge is 2.28. The van der Waals surface area contributed by atoms with Crippen molar-refractivity contribution in [2.75, 3.05) is 51.2 Å². The van der Waals surface area contributed by atoms with Crippen molar-refractivity contribution < 1.29 is 31.1 Å². The van der Waals surface area contributed by atoms with Crippen LogP contribution < -0.4 is 9.46 Å². The maximum absolute atomic E-state index is 13.1. The van der Waals surface area contributed by atoms with Crippen molar-refractivity contribution in [2.24, 2.45) is 5.92 Å². The van der Waals surface area contributed by atoms with Crippen LogP contribution in [0, 0.1) is 5.92 Å². The fraction of sp³-hybridized carbons (Fsp3) is 0.458. The smallest absolute Gasteiger partial charge is 0.261 e. The van der Waals surface area contributed by atoms with E-state index in [4.69, 9.17) is 9.47 Å². The monoisotopic (exact) mass is 537 g/mol. The number of rotatable bonds is 7. The van der Waals surface area contributed by atoms with Gasteiger partial charge in [-0.3, -0.25) is 9.52 Å². The quantitative estimate of drug-likeness (QED) is 0.575. The summed E-state index contributed by atoms with van der Waals surface area (Å²) >= 11 is 0. The van der Waals surface area contributed by atoms with Gasteiger partial charge in [0.25, 0.3) is 15.9 Å². The Bertz CT molecular complexity index is 1300. The van der Waals surface area contributed by atoms with Crippen molar-refractivity contribution in [1.29, 1.82) is 0 Å². The first-order valence-corrected chi connectivity index (χ1v) is 14.7. The minimum absolute atomic E-state index is 0.0699. The molecule has 0 saturated carbocycles. The fourth-order valence-corrected chi connectivity index (χ4v) is 6.74.